The molecule has 3 aliphatic rings. The lowest BCUT2D eigenvalue weighted by atomic mass is 9.53. The van der Waals surface area contributed by atoms with Crippen LogP contribution in [0.3, 0.4) is 0 Å². The van der Waals surface area contributed by atoms with E-state index in [0.717, 1.165) is 37.9 Å². The van der Waals surface area contributed by atoms with Crippen LogP contribution in [-0.2, 0) is 6.42 Å². The summed E-state index contributed by atoms with van der Waals surface area (Å²) in [7, 11) is 1.68. The van der Waals surface area contributed by atoms with Gasteiger partial charge in [0.25, 0.3) is 0 Å². The first kappa shape index (κ1) is 15.8. The minimum Gasteiger partial charge on any atom is -0.508 e. The maximum atomic E-state index is 11.0. The van der Waals surface area contributed by atoms with Gasteiger partial charge in [0.1, 0.15) is 17.1 Å². The lowest BCUT2D eigenvalue weighted by Crippen LogP contribution is -2.50. The zero-order valence-corrected chi connectivity index (χ0v) is 14.5. The van der Waals surface area contributed by atoms with Crippen molar-refractivity contribution in [1.29, 1.82) is 0 Å². The molecule has 0 spiro atoms. The molecule has 1 aromatic carbocycles. The maximum absolute atomic E-state index is 11.0. The van der Waals surface area contributed by atoms with Crippen molar-refractivity contribution in [2.24, 2.45) is 17.3 Å². The fourth-order valence-electron chi connectivity index (χ4n) is 6.09. The van der Waals surface area contributed by atoms with Crippen LogP contribution in [0.5, 0.6) is 11.5 Å². The highest BCUT2D eigenvalue weighted by Crippen LogP contribution is 2.64. The molecule has 0 bridgehead atoms. The van der Waals surface area contributed by atoms with Gasteiger partial charge in [-0.25, -0.2) is 0 Å². The van der Waals surface area contributed by atoms with Crippen LogP contribution in [0.25, 0.3) is 0 Å². The first-order valence-electron chi connectivity index (χ1n) is 9.03. The topological polar surface area (TPSA) is 49.7 Å². The zero-order chi connectivity index (χ0) is 17.1. The third kappa shape index (κ3) is 1.90. The summed E-state index contributed by atoms with van der Waals surface area (Å²) >= 11 is 0. The zero-order valence-electron chi connectivity index (χ0n) is 14.5. The number of phenolic OH excluding ortho intramolecular Hbond substituents is 1. The number of aliphatic hydroxyl groups is 1. The summed E-state index contributed by atoms with van der Waals surface area (Å²) in [5, 5.41) is 20.9. The summed E-state index contributed by atoms with van der Waals surface area (Å²) in [6.07, 6.45) is 11.5. The molecule has 2 N–H and O–H groups in total. The Kier molecular flexibility index (Phi) is 3.41. The second kappa shape index (κ2) is 5.17. The molecule has 0 saturated heterocycles. The Labute approximate surface area is 144 Å². The van der Waals surface area contributed by atoms with E-state index in [-0.39, 0.29) is 11.2 Å². The van der Waals surface area contributed by atoms with Gasteiger partial charge in [-0.3, -0.25) is 0 Å². The maximum Gasteiger partial charge on any atom is 0.130 e. The van der Waals surface area contributed by atoms with E-state index in [1.165, 1.54) is 11.1 Å². The number of hydrogen-bond acceptors (Lipinski definition) is 3. The van der Waals surface area contributed by atoms with E-state index in [1.54, 1.807) is 13.2 Å². The minimum atomic E-state index is -0.956. The molecule has 2 fully saturated rings. The molecule has 3 aliphatic carbocycles. The van der Waals surface area contributed by atoms with Gasteiger partial charge in [0.15, 0.2) is 0 Å². The van der Waals surface area contributed by atoms with Gasteiger partial charge in [0, 0.05) is 17.0 Å². The molecule has 4 rings (SSSR count). The molecule has 0 heterocycles. The van der Waals surface area contributed by atoms with Gasteiger partial charge in [0.2, 0.25) is 0 Å². The number of fused-ring (bicyclic) bond motifs is 5. The van der Waals surface area contributed by atoms with Crippen molar-refractivity contribution in [3.8, 4) is 23.8 Å². The molecule has 2 saturated carbocycles. The van der Waals surface area contributed by atoms with Crippen LogP contribution < -0.4 is 4.74 Å². The number of rotatable bonds is 1. The van der Waals surface area contributed by atoms with Gasteiger partial charge in [0.05, 0.1) is 7.11 Å². The summed E-state index contributed by atoms with van der Waals surface area (Å²) in [4.78, 5) is 0. The number of aromatic hydroxyl groups is 1. The Morgan fingerprint density at radius 1 is 1.25 bits per heavy atom. The van der Waals surface area contributed by atoms with Gasteiger partial charge >= 0.3 is 0 Å². The molecular formula is C21H26O3. The Balaban J connectivity index is 1.76. The molecule has 24 heavy (non-hydrogen) atoms. The molecule has 1 aromatic rings. The van der Waals surface area contributed by atoms with E-state index in [2.05, 4.69) is 12.8 Å². The molecular weight excluding hydrogens is 300 g/mol. The van der Waals surface area contributed by atoms with Crippen molar-refractivity contribution in [3.63, 3.8) is 0 Å². The number of ether oxygens (including phenoxy) is 1. The van der Waals surface area contributed by atoms with Crippen LogP contribution in [0.4, 0.5) is 0 Å². The van der Waals surface area contributed by atoms with E-state index in [9.17, 15) is 10.2 Å². The van der Waals surface area contributed by atoms with Gasteiger partial charge < -0.3 is 14.9 Å². The number of aryl methyl sites for hydroxylation is 1. The molecule has 1 unspecified atom stereocenters. The standard InChI is InChI=1S/C21H26O3/c1-4-21(23)10-8-17-15-6-5-13-11-14(22)12-18(24-3)19(13)16(15)7-9-20(17,21)2/h1,11-12,15-17,22-23H,5-10H2,2-3H3/t15-,16+,17+,20?,21+/m1/s1. The second-order valence-electron chi connectivity index (χ2n) is 8.14. The Bertz CT molecular complexity index is 701. The first-order chi connectivity index (χ1) is 11.4. The highest BCUT2D eigenvalue weighted by atomic mass is 16.5. The molecule has 0 amide bonds. The van der Waals surface area contributed by atoms with Crippen LogP contribution in [0, 0.1) is 29.6 Å². The third-order valence-electron chi connectivity index (χ3n) is 7.38. The first-order valence-corrected chi connectivity index (χ1v) is 9.03. The Morgan fingerprint density at radius 2 is 2.04 bits per heavy atom. The normalized spacial score (nSPS) is 40.2. The highest BCUT2D eigenvalue weighted by molar-refractivity contribution is 5.50. The Hall–Kier alpha value is -1.66. The summed E-state index contributed by atoms with van der Waals surface area (Å²) in [6.45, 7) is 2.20. The van der Waals surface area contributed by atoms with Crippen molar-refractivity contribution < 1.29 is 14.9 Å². The minimum absolute atomic E-state index is 0.176. The average Bonchev–Trinajstić information content (AvgIpc) is 2.85. The van der Waals surface area contributed by atoms with Crippen molar-refractivity contribution in [2.75, 3.05) is 7.11 Å². The lowest BCUT2D eigenvalue weighted by Gasteiger charge is -2.52. The van der Waals surface area contributed by atoms with Crippen molar-refractivity contribution in [3.05, 3.63) is 23.3 Å². The highest BCUT2D eigenvalue weighted by Gasteiger charge is 2.61. The summed E-state index contributed by atoms with van der Waals surface area (Å²) in [5.41, 5.74) is 1.37. The van der Waals surface area contributed by atoms with Crippen LogP contribution in [-0.4, -0.2) is 22.9 Å². The molecule has 5 atom stereocenters. The third-order valence-corrected chi connectivity index (χ3v) is 7.38. The van der Waals surface area contributed by atoms with Crippen LogP contribution >= 0.6 is 0 Å². The Morgan fingerprint density at radius 3 is 2.75 bits per heavy atom. The lowest BCUT2D eigenvalue weighted by molar-refractivity contribution is -0.0648. The quantitative estimate of drug-likeness (QED) is 0.775. The average molecular weight is 326 g/mol. The van der Waals surface area contributed by atoms with Crippen molar-refractivity contribution in [2.45, 2.75) is 57.0 Å². The number of methoxy groups -OCH3 is 1. The van der Waals surface area contributed by atoms with Crippen LogP contribution in [0.15, 0.2) is 12.1 Å². The van der Waals surface area contributed by atoms with Crippen molar-refractivity contribution in [1.82, 2.24) is 0 Å². The predicted octanol–water partition coefficient (Wildman–Crippen LogP) is 3.62. The van der Waals surface area contributed by atoms with E-state index in [1.807, 2.05) is 6.07 Å². The smallest absolute Gasteiger partial charge is 0.130 e. The summed E-state index contributed by atoms with van der Waals surface area (Å²) < 4.78 is 5.60. The number of phenols is 1. The van der Waals surface area contributed by atoms with E-state index in [4.69, 9.17) is 11.2 Å². The molecule has 3 nitrogen and oxygen atoms in total. The number of terminal acetylenes is 1. The predicted molar refractivity (Wildman–Crippen MR) is 93.1 cm³/mol. The second-order valence-corrected chi connectivity index (χ2v) is 8.14. The monoisotopic (exact) mass is 326 g/mol. The molecule has 3 heteroatoms. The fourth-order valence-corrected chi connectivity index (χ4v) is 6.09. The molecule has 128 valence electrons. The molecule has 0 aliphatic heterocycles. The van der Waals surface area contributed by atoms with Crippen LogP contribution in [0.1, 0.15) is 56.1 Å². The largest absolute Gasteiger partial charge is 0.508 e. The van der Waals surface area contributed by atoms with Gasteiger partial charge in [-0.1, -0.05) is 12.8 Å². The molecule has 0 radical (unpaired) electrons. The van der Waals surface area contributed by atoms with Gasteiger partial charge in [-0.05, 0) is 67.9 Å². The summed E-state index contributed by atoms with van der Waals surface area (Å²) in [5.74, 6) is 5.27. The summed E-state index contributed by atoms with van der Waals surface area (Å²) in [6, 6.07) is 3.63. The van der Waals surface area contributed by atoms with Crippen LogP contribution in [0.2, 0.25) is 0 Å². The van der Waals surface area contributed by atoms with Crippen molar-refractivity contribution >= 4 is 0 Å². The SMILES string of the molecule is C#C[C@]1(O)CC[C@H]2[C@@H]3CCc4cc(O)cc(OC)c4[C@H]3CCC21C. The van der Waals surface area contributed by atoms with E-state index >= 15 is 0 Å². The number of benzene rings is 1. The van der Waals surface area contributed by atoms with Gasteiger partial charge in [-0.2, -0.15) is 0 Å². The van der Waals surface area contributed by atoms with E-state index < -0.39 is 5.60 Å². The fraction of sp³-hybridized carbons (Fsp3) is 0.619. The van der Waals surface area contributed by atoms with Gasteiger partial charge in [-0.15, -0.1) is 6.42 Å². The number of hydrogen-bond donors (Lipinski definition) is 2. The van der Waals surface area contributed by atoms with E-state index in [0.29, 0.717) is 24.2 Å². The molecule has 0 aromatic heterocycles.